The van der Waals surface area contributed by atoms with Crippen LogP contribution in [0.4, 0.5) is 0 Å². The van der Waals surface area contributed by atoms with E-state index in [4.69, 9.17) is 11.6 Å². The van der Waals surface area contributed by atoms with Crippen LogP contribution in [-0.2, 0) is 13.0 Å². The maximum atomic E-state index is 13.5. The number of nitrogens with one attached hydrogen (secondary N) is 1. The summed E-state index contributed by atoms with van der Waals surface area (Å²) in [6, 6.07) is 17.3. The predicted octanol–water partition coefficient (Wildman–Crippen LogP) is 5.69. The van der Waals surface area contributed by atoms with Gasteiger partial charge in [0, 0.05) is 33.7 Å². The molecule has 0 atom stereocenters. The molecule has 0 saturated heterocycles. The van der Waals surface area contributed by atoms with E-state index in [1.165, 1.54) is 0 Å². The van der Waals surface area contributed by atoms with Gasteiger partial charge in [0.05, 0.1) is 22.9 Å². The molecule has 0 amide bonds. The van der Waals surface area contributed by atoms with Crippen molar-refractivity contribution in [1.29, 1.82) is 0 Å². The minimum absolute atomic E-state index is 0.149. The number of aryl methyl sites for hydroxylation is 1. The molecule has 5 rings (SSSR count). The zero-order chi connectivity index (χ0) is 25.1. The molecular weight excluding hydrogens is 542 g/mol. The van der Waals surface area contributed by atoms with Crippen molar-refractivity contribution in [3.05, 3.63) is 98.4 Å². The Morgan fingerprint density at radius 1 is 1.06 bits per heavy atom. The summed E-state index contributed by atoms with van der Waals surface area (Å²) in [6.07, 6.45) is 6.50. The molecule has 0 aliphatic rings. The van der Waals surface area contributed by atoms with Crippen molar-refractivity contribution in [2.75, 3.05) is 0 Å². The Morgan fingerprint density at radius 3 is 2.58 bits per heavy atom. The Morgan fingerprint density at radius 2 is 1.89 bits per heavy atom. The Bertz CT molecular complexity index is 1520. The van der Waals surface area contributed by atoms with E-state index in [2.05, 4.69) is 48.5 Å². The molecule has 0 unspecified atom stereocenters. The van der Waals surface area contributed by atoms with Crippen LogP contribution < -0.4 is 5.69 Å². The van der Waals surface area contributed by atoms with E-state index in [0.29, 0.717) is 23.1 Å². The summed E-state index contributed by atoms with van der Waals surface area (Å²) < 4.78 is 4.16. The van der Waals surface area contributed by atoms with Crippen molar-refractivity contribution in [2.45, 2.75) is 32.7 Å². The lowest BCUT2D eigenvalue weighted by Crippen LogP contribution is -2.25. The highest BCUT2D eigenvalue weighted by Crippen LogP contribution is 2.30. The zero-order valence-corrected chi connectivity index (χ0v) is 21.9. The maximum Gasteiger partial charge on any atom is 0.333 e. The second-order valence-corrected chi connectivity index (χ2v) is 9.63. The van der Waals surface area contributed by atoms with Gasteiger partial charge in [-0.25, -0.2) is 9.89 Å². The number of pyridine rings is 1. The molecule has 182 valence electrons. The van der Waals surface area contributed by atoms with E-state index in [1.807, 2.05) is 60.9 Å². The quantitative estimate of drug-likeness (QED) is 0.261. The Balaban J connectivity index is 1.49. The van der Waals surface area contributed by atoms with Crippen LogP contribution in [0, 0.1) is 0 Å². The fourth-order valence-electron chi connectivity index (χ4n) is 4.19. The monoisotopic (exact) mass is 563 g/mol. The highest BCUT2D eigenvalue weighted by atomic mass is 79.9. The van der Waals surface area contributed by atoms with Gasteiger partial charge in [-0.2, -0.15) is 0 Å². The van der Waals surface area contributed by atoms with Crippen LogP contribution in [-0.4, -0.2) is 34.7 Å². The number of H-pyrrole nitrogens is 1. The first-order chi connectivity index (χ1) is 17.6. The molecule has 0 bridgehead atoms. The van der Waals surface area contributed by atoms with E-state index >= 15 is 0 Å². The van der Waals surface area contributed by atoms with Gasteiger partial charge in [-0.15, -0.1) is 5.10 Å². The van der Waals surface area contributed by atoms with Gasteiger partial charge in [-0.3, -0.25) is 14.1 Å². The summed E-state index contributed by atoms with van der Waals surface area (Å²) in [7, 11) is 0. The molecule has 3 aromatic heterocycles. The van der Waals surface area contributed by atoms with Crippen LogP contribution in [0.5, 0.6) is 0 Å². The average molecular weight is 565 g/mol. The van der Waals surface area contributed by atoms with Crippen LogP contribution >= 0.6 is 27.5 Å². The van der Waals surface area contributed by atoms with E-state index < -0.39 is 0 Å². The minimum Gasteiger partial charge on any atom is -0.290 e. The zero-order valence-electron chi connectivity index (χ0n) is 19.5. The average Bonchev–Trinajstić information content (AvgIpc) is 3.53. The molecule has 0 fully saturated rings. The number of hydrogen-bond donors (Lipinski definition) is 1. The molecule has 0 radical (unpaired) electrons. The first-order valence-electron chi connectivity index (χ1n) is 11.6. The molecule has 0 aliphatic heterocycles. The summed E-state index contributed by atoms with van der Waals surface area (Å²) in [5.41, 5.74) is 5.01. The lowest BCUT2D eigenvalue weighted by Gasteiger charge is -2.09. The molecular formula is C26H23BrClN7O. The smallest absolute Gasteiger partial charge is 0.290 e. The molecule has 1 N–H and O–H groups in total. The SMILES string of the molecule is CCCCc1cn(-c2c(Cl)cccc2Br)c(=O)n1Cc1ccc(-c2ccccc2-c2nnn[nH]2)cn1. The molecule has 8 nitrogen and oxygen atoms in total. The standard InChI is InChI=1S/C26H23BrClN7O/c1-2-3-7-19-16-35(24-22(27)10-6-11-23(24)28)26(36)34(19)15-18-13-12-17(14-29-18)20-8-4-5-9-21(20)25-30-32-33-31-25/h4-6,8-14,16H,2-3,7,15H2,1H3,(H,30,31,32,33). The largest absolute Gasteiger partial charge is 0.333 e. The third-order valence-corrected chi connectivity index (χ3v) is 6.96. The van der Waals surface area contributed by atoms with E-state index in [-0.39, 0.29) is 5.69 Å². The highest BCUT2D eigenvalue weighted by Gasteiger charge is 2.17. The minimum atomic E-state index is -0.149. The number of nitrogens with zero attached hydrogens (tertiary/aromatic N) is 6. The fourth-order valence-corrected chi connectivity index (χ4v) is 5.12. The summed E-state index contributed by atoms with van der Waals surface area (Å²) in [6.45, 7) is 2.50. The first kappa shape index (κ1) is 24.1. The second-order valence-electron chi connectivity index (χ2n) is 8.37. The van der Waals surface area contributed by atoms with Gasteiger partial charge >= 0.3 is 5.69 Å². The van der Waals surface area contributed by atoms with Crippen molar-refractivity contribution in [3.63, 3.8) is 0 Å². The maximum absolute atomic E-state index is 13.5. The Kier molecular flexibility index (Phi) is 7.11. The van der Waals surface area contributed by atoms with Crippen LogP contribution in [0.15, 0.2) is 76.3 Å². The number of unbranched alkanes of at least 4 members (excludes halogenated alkanes) is 1. The second kappa shape index (κ2) is 10.6. The molecule has 0 spiro atoms. The number of hydrogen-bond acceptors (Lipinski definition) is 5. The molecule has 0 aliphatic carbocycles. The molecule has 2 aromatic carbocycles. The number of imidazole rings is 1. The highest BCUT2D eigenvalue weighted by molar-refractivity contribution is 9.10. The molecule has 3 heterocycles. The fraction of sp³-hybridized carbons (Fsp3) is 0.192. The first-order valence-corrected chi connectivity index (χ1v) is 12.8. The van der Waals surface area contributed by atoms with Gasteiger partial charge in [-0.05, 0) is 63.0 Å². The molecule has 36 heavy (non-hydrogen) atoms. The van der Waals surface area contributed by atoms with Crippen molar-refractivity contribution in [2.24, 2.45) is 0 Å². The lowest BCUT2D eigenvalue weighted by molar-refractivity contribution is 0.664. The number of aromatic nitrogens is 7. The third-order valence-electron chi connectivity index (χ3n) is 6.01. The lowest BCUT2D eigenvalue weighted by atomic mass is 10.0. The number of halogens is 2. The van der Waals surface area contributed by atoms with Crippen molar-refractivity contribution >= 4 is 27.5 Å². The van der Waals surface area contributed by atoms with Gasteiger partial charge in [-0.1, -0.05) is 61.3 Å². The van der Waals surface area contributed by atoms with Crippen molar-refractivity contribution in [1.82, 2.24) is 34.7 Å². The Labute approximate surface area is 221 Å². The number of aromatic amines is 1. The van der Waals surface area contributed by atoms with Gasteiger partial charge in [0.2, 0.25) is 0 Å². The van der Waals surface area contributed by atoms with Gasteiger partial charge in [0.1, 0.15) is 0 Å². The molecule has 0 saturated carbocycles. The predicted molar refractivity (Wildman–Crippen MR) is 143 cm³/mol. The van der Waals surface area contributed by atoms with Gasteiger partial charge in [0.15, 0.2) is 5.82 Å². The topological polar surface area (TPSA) is 94.3 Å². The third kappa shape index (κ3) is 4.76. The summed E-state index contributed by atoms with van der Waals surface area (Å²) >= 11 is 10.0. The van der Waals surface area contributed by atoms with Crippen molar-refractivity contribution < 1.29 is 0 Å². The van der Waals surface area contributed by atoms with Gasteiger partial charge < -0.3 is 0 Å². The van der Waals surface area contributed by atoms with Crippen LogP contribution in [0.25, 0.3) is 28.2 Å². The summed E-state index contributed by atoms with van der Waals surface area (Å²) in [5, 5.41) is 14.7. The number of tetrazole rings is 1. The van der Waals surface area contributed by atoms with Crippen LogP contribution in [0.2, 0.25) is 5.02 Å². The molecule has 5 aromatic rings. The van der Waals surface area contributed by atoms with Crippen LogP contribution in [0.1, 0.15) is 31.2 Å². The number of rotatable bonds is 8. The van der Waals surface area contributed by atoms with Gasteiger partial charge in [0.25, 0.3) is 0 Å². The Hall–Kier alpha value is -3.56. The number of benzene rings is 2. The summed E-state index contributed by atoms with van der Waals surface area (Å²) in [4.78, 5) is 18.2. The van der Waals surface area contributed by atoms with Crippen LogP contribution in [0.3, 0.4) is 0 Å². The summed E-state index contributed by atoms with van der Waals surface area (Å²) in [5.74, 6) is 0.592. The number of para-hydroxylation sites is 1. The van der Waals surface area contributed by atoms with Crippen molar-refractivity contribution in [3.8, 4) is 28.2 Å². The normalized spacial score (nSPS) is 11.2. The molecule has 10 heteroatoms. The van der Waals surface area contributed by atoms with E-state index in [1.54, 1.807) is 15.2 Å². The van der Waals surface area contributed by atoms with E-state index in [0.717, 1.165) is 51.8 Å². The van der Waals surface area contributed by atoms with E-state index in [9.17, 15) is 4.79 Å².